The summed E-state index contributed by atoms with van der Waals surface area (Å²) >= 11 is 0. The minimum Gasteiger partial charge on any atom is -0.365 e. The van der Waals surface area contributed by atoms with Crippen molar-refractivity contribution in [2.75, 3.05) is 24.5 Å². The summed E-state index contributed by atoms with van der Waals surface area (Å²) in [6, 6.07) is 2.98. The predicted molar refractivity (Wildman–Crippen MR) is 61.2 cm³/mol. The van der Waals surface area contributed by atoms with Crippen LogP contribution in [-0.2, 0) is 0 Å². The molecule has 3 heteroatoms. The molecule has 0 aromatic carbocycles. The Balaban J connectivity index is 1.85. The van der Waals surface area contributed by atoms with E-state index in [1.54, 1.807) is 0 Å². The van der Waals surface area contributed by atoms with E-state index >= 15 is 0 Å². The number of nitrogens with zero attached hydrogens (tertiary/aromatic N) is 2. The second-order valence-electron chi connectivity index (χ2n) is 4.73. The predicted octanol–water partition coefficient (Wildman–Crippen LogP) is 1.11. The Kier molecular flexibility index (Phi) is 1.96. The Hall–Kier alpha value is -1.09. The molecule has 1 N–H and O–H groups in total. The van der Waals surface area contributed by atoms with E-state index in [0.717, 1.165) is 18.2 Å². The zero-order valence-electron chi connectivity index (χ0n) is 9.33. The van der Waals surface area contributed by atoms with Gasteiger partial charge < -0.3 is 10.2 Å². The van der Waals surface area contributed by atoms with Gasteiger partial charge in [-0.1, -0.05) is 0 Å². The highest BCUT2D eigenvalue weighted by atomic mass is 15.3. The van der Waals surface area contributed by atoms with E-state index in [4.69, 9.17) is 0 Å². The van der Waals surface area contributed by atoms with Crippen molar-refractivity contribution < 1.29 is 0 Å². The van der Waals surface area contributed by atoms with Crippen LogP contribution in [0.25, 0.3) is 0 Å². The molecule has 3 rings (SSSR count). The van der Waals surface area contributed by atoms with Crippen molar-refractivity contribution in [2.24, 2.45) is 5.92 Å². The molecule has 2 atom stereocenters. The molecule has 2 aliphatic rings. The minimum absolute atomic E-state index is 0.717. The molecule has 0 radical (unpaired) electrons. The third-order valence-corrected chi connectivity index (χ3v) is 3.79. The van der Waals surface area contributed by atoms with Crippen molar-refractivity contribution in [1.82, 2.24) is 10.3 Å². The Labute approximate surface area is 90.5 Å². The first-order chi connectivity index (χ1) is 7.25. The molecule has 0 bridgehead atoms. The van der Waals surface area contributed by atoms with Crippen molar-refractivity contribution in [3.05, 3.63) is 23.5 Å². The standard InChI is InChI=1S/C12H17N3/c1-8-3-11(5-14-9(8)2)15-7-10-4-13-6-12(10)15/h3,5,10,12-13H,4,6-7H2,1-2H3/t10-,12-/m1/s1. The summed E-state index contributed by atoms with van der Waals surface area (Å²) in [5.41, 5.74) is 3.73. The molecule has 0 amide bonds. The highest BCUT2D eigenvalue weighted by Gasteiger charge is 2.42. The van der Waals surface area contributed by atoms with Gasteiger partial charge in [-0.05, 0) is 25.5 Å². The fraction of sp³-hybridized carbons (Fsp3) is 0.583. The Morgan fingerprint density at radius 3 is 3.00 bits per heavy atom. The van der Waals surface area contributed by atoms with Crippen LogP contribution in [0.3, 0.4) is 0 Å². The third kappa shape index (κ3) is 1.34. The number of hydrogen-bond acceptors (Lipinski definition) is 3. The maximum atomic E-state index is 4.43. The van der Waals surface area contributed by atoms with Crippen LogP contribution in [0.1, 0.15) is 11.3 Å². The van der Waals surface area contributed by atoms with Crippen molar-refractivity contribution in [1.29, 1.82) is 0 Å². The average Bonchev–Trinajstić information content (AvgIpc) is 2.54. The summed E-state index contributed by atoms with van der Waals surface area (Å²) in [5.74, 6) is 0.867. The molecule has 2 saturated heterocycles. The normalized spacial score (nSPS) is 28.8. The molecule has 3 nitrogen and oxygen atoms in total. The van der Waals surface area contributed by atoms with Gasteiger partial charge in [0.25, 0.3) is 0 Å². The van der Waals surface area contributed by atoms with Gasteiger partial charge >= 0.3 is 0 Å². The largest absolute Gasteiger partial charge is 0.365 e. The van der Waals surface area contributed by atoms with Gasteiger partial charge in [0.1, 0.15) is 0 Å². The fourth-order valence-corrected chi connectivity index (χ4v) is 2.60. The highest BCUT2D eigenvalue weighted by molar-refractivity contribution is 5.52. The van der Waals surface area contributed by atoms with E-state index in [2.05, 4.69) is 35.1 Å². The Morgan fingerprint density at radius 2 is 2.27 bits per heavy atom. The molecule has 0 saturated carbocycles. The summed E-state index contributed by atoms with van der Waals surface area (Å²) in [6.45, 7) is 7.73. The minimum atomic E-state index is 0.717. The van der Waals surface area contributed by atoms with E-state index in [1.807, 2.05) is 6.20 Å². The second kappa shape index (κ2) is 3.20. The first-order valence-electron chi connectivity index (χ1n) is 5.66. The Morgan fingerprint density at radius 1 is 1.40 bits per heavy atom. The van der Waals surface area contributed by atoms with Crippen molar-refractivity contribution in [3.63, 3.8) is 0 Å². The maximum absolute atomic E-state index is 4.43. The molecule has 1 aromatic rings. The highest BCUT2D eigenvalue weighted by Crippen LogP contribution is 2.33. The van der Waals surface area contributed by atoms with E-state index in [1.165, 1.54) is 24.3 Å². The number of nitrogens with one attached hydrogen (secondary N) is 1. The number of rotatable bonds is 1. The lowest BCUT2D eigenvalue weighted by Gasteiger charge is -2.45. The lowest BCUT2D eigenvalue weighted by Crippen LogP contribution is -2.55. The van der Waals surface area contributed by atoms with E-state index in [9.17, 15) is 0 Å². The monoisotopic (exact) mass is 203 g/mol. The van der Waals surface area contributed by atoms with Crippen LogP contribution in [0.15, 0.2) is 12.3 Å². The number of pyridine rings is 1. The summed E-state index contributed by atoms with van der Waals surface area (Å²) in [4.78, 5) is 6.91. The smallest absolute Gasteiger partial charge is 0.0558 e. The number of aryl methyl sites for hydroxylation is 2. The van der Waals surface area contributed by atoms with Crippen molar-refractivity contribution in [3.8, 4) is 0 Å². The summed E-state index contributed by atoms with van der Waals surface area (Å²) in [6.07, 6.45) is 2.01. The van der Waals surface area contributed by atoms with Crippen LogP contribution in [0.5, 0.6) is 0 Å². The van der Waals surface area contributed by atoms with Crippen molar-refractivity contribution >= 4 is 5.69 Å². The van der Waals surface area contributed by atoms with Gasteiger partial charge in [0.2, 0.25) is 0 Å². The van der Waals surface area contributed by atoms with Gasteiger partial charge in [0, 0.05) is 37.3 Å². The van der Waals surface area contributed by atoms with Crippen LogP contribution >= 0.6 is 0 Å². The first kappa shape index (κ1) is 9.16. The molecule has 80 valence electrons. The number of aromatic nitrogens is 1. The van der Waals surface area contributed by atoms with Gasteiger partial charge in [-0.3, -0.25) is 4.98 Å². The van der Waals surface area contributed by atoms with Gasteiger partial charge in [-0.2, -0.15) is 0 Å². The lowest BCUT2D eigenvalue weighted by molar-refractivity contribution is 0.365. The zero-order valence-corrected chi connectivity index (χ0v) is 9.33. The summed E-state index contributed by atoms with van der Waals surface area (Å²) in [5, 5.41) is 3.45. The molecule has 0 aliphatic carbocycles. The van der Waals surface area contributed by atoms with Crippen LogP contribution in [0.2, 0.25) is 0 Å². The van der Waals surface area contributed by atoms with Gasteiger partial charge in [0.05, 0.1) is 11.9 Å². The number of anilines is 1. The second-order valence-corrected chi connectivity index (χ2v) is 4.73. The van der Waals surface area contributed by atoms with E-state index in [-0.39, 0.29) is 0 Å². The van der Waals surface area contributed by atoms with E-state index in [0.29, 0.717) is 6.04 Å². The molecule has 2 aliphatic heterocycles. The lowest BCUT2D eigenvalue weighted by atomic mass is 9.91. The third-order valence-electron chi connectivity index (χ3n) is 3.79. The molecular weight excluding hydrogens is 186 g/mol. The quantitative estimate of drug-likeness (QED) is 0.741. The number of fused-ring (bicyclic) bond motifs is 1. The van der Waals surface area contributed by atoms with Crippen LogP contribution < -0.4 is 10.2 Å². The van der Waals surface area contributed by atoms with Gasteiger partial charge in [-0.25, -0.2) is 0 Å². The molecule has 0 spiro atoms. The van der Waals surface area contributed by atoms with Crippen LogP contribution in [0.4, 0.5) is 5.69 Å². The maximum Gasteiger partial charge on any atom is 0.0558 e. The molecule has 2 fully saturated rings. The first-order valence-corrected chi connectivity index (χ1v) is 5.66. The number of hydrogen-bond donors (Lipinski definition) is 1. The molecule has 1 aromatic heterocycles. The fourth-order valence-electron chi connectivity index (χ4n) is 2.60. The van der Waals surface area contributed by atoms with Crippen LogP contribution in [0, 0.1) is 19.8 Å². The van der Waals surface area contributed by atoms with E-state index < -0.39 is 0 Å². The molecule has 3 heterocycles. The van der Waals surface area contributed by atoms with Crippen LogP contribution in [-0.4, -0.2) is 30.7 Å². The van der Waals surface area contributed by atoms with Crippen molar-refractivity contribution in [2.45, 2.75) is 19.9 Å². The summed E-state index contributed by atoms with van der Waals surface area (Å²) < 4.78 is 0. The molecular formula is C12H17N3. The summed E-state index contributed by atoms with van der Waals surface area (Å²) in [7, 11) is 0. The topological polar surface area (TPSA) is 28.2 Å². The SMILES string of the molecule is Cc1cc(N2C[C@H]3CNC[C@H]32)cnc1C. The van der Waals surface area contributed by atoms with Gasteiger partial charge in [-0.15, -0.1) is 0 Å². The average molecular weight is 203 g/mol. The van der Waals surface area contributed by atoms with Gasteiger partial charge in [0.15, 0.2) is 0 Å². The zero-order chi connectivity index (χ0) is 10.4. The molecule has 15 heavy (non-hydrogen) atoms. The Bertz CT molecular complexity index is 388. The molecule has 0 unspecified atom stereocenters.